The number of non-ortho nitro benzene ring substituents is 1. The van der Waals surface area contributed by atoms with Crippen LogP contribution in [0.25, 0.3) is 21.0 Å². The van der Waals surface area contributed by atoms with Gasteiger partial charge in [-0.3, -0.25) is 25.0 Å². The highest BCUT2D eigenvalue weighted by Gasteiger charge is 2.32. The summed E-state index contributed by atoms with van der Waals surface area (Å²) in [5, 5.41) is 36.9. The molecule has 0 fully saturated rings. The molecular formula is C22H20N4O6S. The van der Waals surface area contributed by atoms with Gasteiger partial charge in [0.25, 0.3) is 5.69 Å². The maximum atomic E-state index is 12.1. The molecule has 11 heteroatoms. The summed E-state index contributed by atoms with van der Waals surface area (Å²) in [6.45, 7) is 0. The predicted molar refractivity (Wildman–Crippen MR) is 123 cm³/mol. The van der Waals surface area contributed by atoms with Crippen LogP contribution in [0, 0.1) is 10.1 Å². The van der Waals surface area contributed by atoms with Gasteiger partial charge in [0.15, 0.2) is 0 Å². The van der Waals surface area contributed by atoms with Crippen LogP contribution in [0.1, 0.15) is 17.2 Å². The van der Waals surface area contributed by atoms with E-state index in [0.29, 0.717) is 16.5 Å². The highest BCUT2D eigenvalue weighted by atomic mass is 32.1. The number of hydrogen-bond donors (Lipinski definition) is 5. The largest absolute Gasteiger partial charge is 0.480 e. The predicted octanol–water partition coefficient (Wildman–Crippen LogP) is 3.03. The number of carbonyl (C=O) groups is 2. The Labute approximate surface area is 190 Å². The zero-order valence-corrected chi connectivity index (χ0v) is 17.9. The third-order valence-corrected chi connectivity index (χ3v) is 6.41. The minimum absolute atomic E-state index is 0.111. The average Bonchev–Trinajstić information content (AvgIpc) is 3.41. The molecule has 0 aliphatic rings. The fourth-order valence-electron chi connectivity index (χ4n) is 3.83. The van der Waals surface area contributed by atoms with Crippen molar-refractivity contribution in [2.45, 2.75) is 24.5 Å². The number of hydrogen-bond acceptors (Lipinski definition) is 7. The summed E-state index contributed by atoms with van der Waals surface area (Å²) in [5.41, 5.74) is 7.43. The Kier molecular flexibility index (Phi) is 6.09. The molecule has 2 aromatic carbocycles. The zero-order chi connectivity index (χ0) is 23.7. The van der Waals surface area contributed by atoms with Crippen molar-refractivity contribution < 1.29 is 24.7 Å². The zero-order valence-electron chi connectivity index (χ0n) is 17.1. The monoisotopic (exact) mass is 468 g/mol. The van der Waals surface area contributed by atoms with E-state index in [4.69, 9.17) is 5.73 Å². The number of nitrogens with one attached hydrogen (secondary N) is 2. The van der Waals surface area contributed by atoms with Gasteiger partial charge < -0.3 is 20.9 Å². The van der Waals surface area contributed by atoms with E-state index in [2.05, 4.69) is 10.3 Å². The van der Waals surface area contributed by atoms with Gasteiger partial charge in [-0.05, 0) is 46.5 Å². The first-order valence-electron chi connectivity index (χ1n) is 9.93. The van der Waals surface area contributed by atoms with E-state index in [0.717, 1.165) is 15.6 Å². The van der Waals surface area contributed by atoms with Gasteiger partial charge in [0, 0.05) is 28.4 Å². The number of aromatic nitrogens is 1. The molecule has 0 saturated heterocycles. The van der Waals surface area contributed by atoms with E-state index >= 15 is 0 Å². The van der Waals surface area contributed by atoms with Crippen LogP contribution < -0.4 is 11.1 Å². The minimum Gasteiger partial charge on any atom is -0.480 e. The Morgan fingerprint density at radius 1 is 1.15 bits per heavy atom. The van der Waals surface area contributed by atoms with Gasteiger partial charge in [-0.15, -0.1) is 11.3 Å². The Morgan fingerprint density at radius 3 is 2.64 bits per heavy atom. The van der Waals surface area contributed by atoms with Gasteiger partial charge in [0.1, 0.15) is 12.1 Å². The number of nitrogens with two attached hydrogens (primary N) is 1. The quantitative estimate of drug-likeness (QED) is 0.184. The molecule has 3 atom stereocenters. The molecule has 0 spiro atoms. The number of aromatic amines is 1. The lowest BCUT2D eigenvalue weighted by molar-refractivity contribution is -0.384. The van der Waals surface area contributed by atoms with Crippen LogP contribution in [-0.2, 0) is 16.0 Å². The molecule has 0 bridgehead atoms. The minimum atomic E-state index is -1.46. The smallest absolute Gasteiger partial charge is 0.322 e. The number of carboxylic acids is 2. The summed E-state index contributed by atoms with van der Waals surface area (Å²) in [6, 6.07) is 8.10. The van der Waals surface area contributed by atoms with Crippen LogP contribution in [0.4, 0.5) is 5.69 Å². The van der Waals surface area contributed by atoms with Gasteiger partial charge in [0.05, 0.1) is 16.5 Å². The first kappa shape index (κ1) is 22.4. The SMILES string of the molecule is N[C@H](C(=O)O)C(NC(Cc1ccc2ccsc2c1)C(=O)O)c1c[nH]c2cc([N+](=O)[O-])ccc12. The van der Waals surface area contributed by atoms with Gasteiger partial charge in [0.2, 0.25) is 0 Å². The van der Waals surface area contributed by atoms with Crippen molar-refractivity contribution in [2.75, 3.05) is 0 Å². The van der Waals surface area contributed by atoms with Crippen molar-refractivity contribution in [3.63, 3.8) is 0 Å². The molecule has 4 aromatic rings. The third-order valence-electron chi connectivity index (χ3n) is 5.53. The Balaban J connectivity index is 1.68. The summed E-state index contributed by atoms with van der Waals surface area (Å²) in [7, 11) is 0. The Bertz CT molecular complexity index is 1360. The molecule has 0 aliphatic heterocycles. The summed E-state index contributed by atoms with van der Waals surface area (Å²) < 4.78 is 1.02. The number of nitro benzene ring substituents is 1. The lowest BCUT2D eigenvalue weighted by Crippen LogP contribution is -2.50. The molecule has 170 valence electrons. The van der Waals surface area contributed by atoms with Crippen LogP contribution in [0.15, 0.2) is 54.0 Å². The molecule has 0 radical (unpaired) electrons. The number of nitrogens with zero attached hydrogens (tertiary/aromatic N) is 1. The number of aliphatic carboxylic acids is 2. The average molecular weight is 468 g/mol. The standard InChI is InChI=1S/C22H20N4O6S/c23-19(22(29)30)20(15-10-24-16-9-13(26(31)32)3-4-14(15)16)25-17(21(27)28)7-11-1-2-12-5-6-33-18(12)8-11/h1-6,8-10,17,19-20,24-25H,7,23H2,(H,27,28)(H,29,30)/t17?,19-,20?/m0/s1. The molecular weight excluding hydrogens is 448 g/mol. The molecule has 0 aliphatic carbocycles. The molecule has 2 unspecified atom stereocenters. The molecule has 2 heterocycles. The van der Waals surface area contributed by atoms with Crippen molar-refractivity contribution >= 4 is 50.0 Å². The van der Waals surface area contributed by atoms with Gasteiger partial charge in [-0.1, -0.05) is 12.1 Å². The summed E-state index contributed by atoms with van der Waals surface area (Å²) in [5.74, 6) is -2.47. The molecule has 6 N–H and O–H groups in total. The van der Waals surface area contributed by atoms with E-state index in [1.807, 2.05) is 29.6 Å². The second-order valence-electron chi connectivity index (χ2n) is 7.63. The lowest BCUT2D eigenvalue weighted by atomic mass is 9.96. The fourth-order valence-corrected chi connectivity index (χ4v) is 4.69. The number of benzene rings is 2. The van der Waals surface area contributed by atoms with Crippen LogP contribution >= 0.6 is 11.3 Å². The normalized spacial score (nSPS) is 14.2. The van der Waals surface area contributed by atoms with Gasteiger partial charge >= 0.3 is 11.9 Å². The second kappa shape index (κ2) is 8.98. The molecule has 33 heavy (non-hydrogen) atoms. The number of thiophene rings is 1. The number of carboxylic acid groups (broad SMARTS) is 2. The van der Waals surface area contributed by atoms with E-state index in [1.165, 1.54) is 24.4 Å². The van der Waals surface area contributed by atoms with Crippen LogP contribution in [0.3, 0.4) is 0 Å². The topological polar surface area (TPSA) is 172 Å². The number of fused-ring (bicyclic) bond motifs is 2. The summed E-state index contributed by atoms with van der Waals surface area (Å²) in [4.78, 5) is 37.2. The maximum absolute atomic E-state index is 12.1. The van der Waals surface area contributed by atoms with Crippen molar-refractivity contribution in [3.05, 3.63) is 75.3 Å². The van der Waals surface area contributed by atoms with Gasteiger partial charge in [-0.25, -0.2) is 0 Å². The fraction of sp³-hybridized carbons (Fsp3) is 0.182. The molecule has 2 aromatic heterocycles. The second-order valence-corrected chi connectivity index (χ2v) is 8.57. The van der Waals surface area contributed by atoms with Crippen molar-refractivity contribution in [1.82, 2.24) is 10.3 Å². The molecule has 4 rings (SSSR count). The summed E-state index contributed by atoms with van der Waals surface area (Å²) in [6.07, 6.45) is 1.60. The first-order valence-corrected chi connectivity index (χ1v) is 10.8. The molecule has 0 amide bonds. The highest BCUT2D eigenvalue weighted by molar-refractivity contribution is 7.17. The first-order chi connectivity index (χ1) is 15.7. The molecule has 10 nitrogen and oxygen atoms in total. The van der Waals surface area contributed by atoms with Crippen molar-refractivity contribution in [2.24, 2.45) is 5.73 Å². The van der Waals surface area contributed by atoms with Gasteiger partial charge in [-0.2, -0.15) is 0 Å². The number of H-pyrrole nitrogens is 1. The van der Waals surface area contributed by atoms with Crippen LogP contribution in [0.5, 0.6) is 0 Å². The maximum Gasteiger partial charge on any atom is 0.322 e. The Morgan fingerprint density at radius 2 is 1.94 bits per heavy atom. The van der Waals surface area contributed by atoms with Crippen LogP contribution in [0.2, 0.25) is 0 Å². The van der Waals surface area contributed by atoms with Crippen LogP contribution in [-0.4, -0.2) is 44.1 Å². The van der Waals surface area contributed by atoms with E-state index in [-0.39, 0.29) is 12.1 Å². The van der Waals surface area contributed by atoms with Crippen molar-refractivity contribution in [1.29, 1.82) is 0 Å². The number of rotatable bonds is 9. The van der Waals surface area contributed by atoms with E-state index < -0.39 is 35.0 Å². The Hall–Kier alpha value is -3.80. The lowest BCUT2D eigenvalue weighted by Gasteiger charge is -2.26. The molecule has 0 saturated carbocycles. The van der Waals surface area contributed by atoms with E-state index in [9.17, 15) is 29.9 Å². The highest BCUT2D eigenvalue weighted by Crippen LogP contribution is 2.30. The third kappa shape index (κ3) is 4.55. The summed E-state index contributed by atoms with van der Waals surface area (Å²) >= 11 is 1.54. The number of nitro groups is 1. The van der Waals surface area contributed by atoms with Crippen molar-refractivity contribution in [3.8, 4) is 0 Å². The van der Waals surface area contributed by atoms with E-state index in [1.54, 1.807) is 11.3 Å².